The van der Waals surface area contributed by atoms with Crippen molar-refractivity contribution in [1.29, 1.82) is 5.26 Å². The molecule has 0 aliphatic heterocycles. The van der Waals surface area contributed by atoms with Gasteiger partial charge in [-0.2, -0.15) is 5.26 Å². The zero-order valence-electron chi connectivity index (χ0n) is 11.6. The third-order valence-electron chi connectivity index (χ3n) is 2.98. The molecule has 1 unspecified atom stereocenters. The summed E-state index contributed by atoms with van der Waals surface area (Å²) in [5, 5.41) is 23.7. The number of nitrogens with zero attached hydrogens (tertiary/aromatic N) is 1. The fraction of sp³-hybridized carbons (Fsp3) is 0.125. The van der Waals surface area contributed by atoms with Gasteiger partial charge in [-0.15, -0.1) is 0 Å². The molecule has 22 heavy (non-hydrogen) atoms. The lowest BCUT2D eigenvalue weighted by atomic mass is 10.1. The van der Waals surface area contributed by atoms with Gasteiger partial charge in [0.05, 0.1) is 17.7 Å². The molecule has 5 nitrogen and oxygen atoms in total. The van der Waals surface area contributed by atoms with E-state index >= 15 is 0 Å². The average molecular weight is 299 g/mol. The van der Waals surface area contributed by atoms with E-state index in [1.54, 1.807) is 24.3 Å². The van der Waals surface area contributed by atoms with Crippen LogP contribution in [0.4, 0.5) is 14.9 Å². The van der Waals surface area contributed by atoms with Crippen LogP contribution in [0.15, 0.2) is 48.5 Å². The van der Waals surface area contributed by atoms with Crippen LogP contribution in [0.3, 0.4) is 0 Å². The van der Waals surface area contributed by atoms with Crippen molar-refractivity contribution in [3.05, 3.63) is 65.5 Å². The van der Waals surface area contributed by atoms with Crippen molar-refractivity contribution in [3.8, 4) is 6.07 Å². The van der Waals surface area contributed by atoms with Crippen molar-refractivity contribution in [2.24, 2.45) is 0 Å². The highest BCUT2D eigenvalue weighted by Crippen LogP contribution is 2.13. The second-order valence-corrected chi connectivity index (χ2v) is 4.59. The predicted octanol–water partition coefficient (Wildman–Crippen LogP) is 2.55. The van der Waals surface area contributed by atoms with Crippen LogP contribution in [0, 0.1) is 17.1 Å². The lowest BCUT2D eigenvalue weighted by Crippen LogP contribution is -2.32. The topological polar surface area (TPSA) is 85.2 Å². The molecule has 0 aliphatic carbocycles. The van der Waals surface area contributed by atoms with Gasteiger partial charge < -0.3 is 15.7 Å². The van der Waals surface area contributed by atoms with Gasteiger partial charge in [0.1, 0.15) is 5.82 Å². The van der Waals surface area contributed by atoms with Crippen molar-refractivity contribution in [2.75, 3.05) is 11.9 Å². The Balaban J connectivity index is 1.84. The molecular weight excluding hydrogens is 285 g/mol. The van der Waals surface area contributed by atoms with Gasteiger partial charge in [0.15, 0.2) is 0 Å². The SMILES string of the molecule is N#Cc1ccc(NC(=O)NCC(O)c2ccc(F)cc2)cc1. The Bertz CT molecular complexity index is 678. The number of carbonyl (C=O) groups excluding carboxylic acids is 1. The van der Waals surface area contributed by atoms with Crippen LogP contribution in [0.25, 0.3) is 0 Å². The first-order valence-electron chi connectivity index (χ1n) is 6.57. The largest absolute Gasteiger partial charge is 0.387 e. The molecule has 0 heterocycles. The molecule has 0 aromatic heterocycles. The normalized spacial score (nSPS) is 11.3. The maximum atomic E-state index is 12.8. The van der Waals surface area contributed by atoms with Crippen LogP contribution in [0.2, 0.25) is 0 Å². The molecule has 0 aliphatic rings. The first kappa shape index (κ1) is 15.5. The molecule has 6 heteroatoms. The number of hydrogen-bond donors (Lipinski definition) is 3. The van der Waals surface area contributed by atoms with Crippen molar-refractivity contribution in [1.82, 2.24) is 5.32 Å². The van der Waals surface area contributed by atoms with Crippen LogP contribution in [-0.2, 0) is 0 Å². The van der Waals surface area contributed by atoms with Crippen molar-refractivity contribution >= 4 is 11.7 Å². The lowest BCUT2D eigenvalue weighted by molar-refractivity contribution is 0.175. The highest BCUT2D eigenvalue weighted by atomic mass is 19.1. The third kappa shape index (κ3) is 4.30. The Morgan fingerprint density at radius 1 is 1.18 bits per heavy atom. The highest BCUT2D eigenvalue weighted by Gasteiger charge is 2.09. The monoisotopic (exact) mass is 299 g/mol. The smallest absolute Gasteiger partial charge is 0.319 e. The van der Waals surface area contributed by atoms with Gasteiger partial charge in [-0.1, -0.05) is 12.1 Å². The van der Waals surface area contributed by atoms with E-state index in [0.29, 0.717) is 16.8 Å². The van der Waals surface area contributed by atoms with Crippen LogP contribution in [0.5, 0.6) is 0 Å². The molecule has 3 N–H and O–H groups in total. The van der Waals surface area contributed by atoms with Gasteiger partial charge in [0.25, 0.3) is 0 Å². The van der Waals surface area contributed by atoms with Gasteiger partial charge in [-0.3, -0.25) is 0 Å². The summed E-state index contributed by atoms with van der Waals surface area (Å²) in [4.78, 5) is 11.7. The van der Waals surface area contributed by atoms with Crippen molar-refractivity contribution < 1.29 is 14.3 Å². The number of benzene rings is 2. The number of urea groups is 1. The van der Waals surface area contributed by atoms with E-state index in [9.17, 15) is 14.3 Å². The molecule has 2 amide bonds. The maximum Gasteiger partial charge on any atom is 0.319 e. The number of halogens is 1. The van der Waals surface area contributed by atoms with Crippen LogP contribution in [-0.4, -0.2) is 17.7 Å². The van der Waals surface area contributed by atoms with Gasteiger partial charge >= 0.3 is 6.03 Å². The molecule has 0 saturated carbocycles. The van der Waals surface area contributed by atoms with E-state index < -0.39 is 12.1 Å². The van der Waals surface area contributed by atoms with Crippen molar-refractivity contribution in [2.45, 2.75) is 6.10 Å². The summed E-state index contributed by atoms with van der Waals surface area (Å²) < 4.78 is 12.8. The summed E-state index contributed by atoms with van der Waals surface area (Å²) in [5.74, 6) is -0.387. The summed E-state index contributed by atoms with van der Waals surface area (Å²) in [6, 6.07) is 13.3. The molecule has 1 atom stereocenters. The second kappa shape index (κ2) is 7.20. The minimum atomic E-state index is -0.924. The highest BCUT2D eigenvalue weighted by molar-refractivity contribution is 5.89. The van der Waals surface area contributed by atoms with Gasteiger partial charge in [-0.25, -0.2) is 9.18 Å². The number of hydrogen-bond acceptors (Lipinski definition) is 3. The average Bonchev–Trinajstić information content (AvgIpc) is 2.54. The van der Waals surface area contributed by atoms with Crippen LogP contribution >= 0.6 is 0 Å². The van der Waals surface area contributed by atoms with E-state index in [0.717, 1.165) is 0 Å². The molecule has 0 saturated heterocycles. The summed E-state index contributed by atoms with van der Waals surface area (Å²) in [7, 11) is 0. The lowest BCUT2D eigenvalue weighted by Gasteiger charge is -2.13. The number of rotatable bonds is 4. The Morgan fingerprint density at radius 2 is 1.82 bits per heavy atom. The minimum absolute atomic E-state index is 0.00621. The van der Waals surface area contributed by atoms with E-state index in [2.05, 4.69) is 10.6 Å². The number of carbonyl (C=O) groups is 1. The summed E-state index contributed by atoms with van der Waals surface area (Å²) in [5.41, 5.74) is 1.55. The molecule has 0 radical (unpaired) electrons. The number of nitriles is 1. The first-order chi connectivity index (χ1) is 10.6. The maximum absolute atomic E-state index is 12.8. The summed E-state index contributed by atoms with van der Waals surface area (Å²) in [6.45, 7) is -0.00621. The summed E-state index contributed by atoms with van der Waals surface area (Å²) in [6.07, 6.45) is -0.924. The Hall–Kier alpha value is -2.91. The van der Waals surface area contributed by atoms with E-state index in [-0.39, 0.29) is 12.4 Å². The van der Waals surface area contributed by atoms with Crippen LogP contribution < -0.4 is 10.6 Å². The standard InChI is InChI=1S/C16H14FN3O2/c17-13-5-3-12(4-6-13)15(21)10-19-16(22)20-14-7-1-11(9-18)2-8-14/h1-8,15,21H,10H2,(H2,19,20,22). The zero-order chi connectivity index (χ0) is 15.9. The molecule has 0 spiro atoms. The van der Waals surface area contributed by atoms with Gasteiger partial charge in [0.2, 0.25) is 0 Å². The molecule has 2 rings (SSSR count). The number of anilines is 1. The number of amides is 2. The number of nitrogens with one attached hydrogen (secondary N) is 2. The quantitative estimate of drug-likeness (QED) is 0.811. The minimum Gasteiger partial charge on any atom is -0.387 e. The van der Waals surface area contributed by atoms with Crippen molar-refractivity contribution in [3.63, 3.8) is 0 Å². The molecule has 0 bridgehead atoms. The van der Waals surface area contributed by atoms with E-state index in [4.69, 9.17) is 5.26 Å². The third-order valence-corrected chi connectivity index (χ3v) is 2.98. The molecule has 0 fully saturated rings. The Kier molecular flexibility index (Phi) is 5.07. The number of aliphatic hydroxyl groups excluding tert-OH is 1. The van der Waals surface area contributed by atoms with Gasteiger partial charge in [0, 0.05) is 12.2 Å². The van der Waals surface area contributed by atoms with E-state index in [1.807, 2.05) is 6.07 Å². The fourth-order valence-electron chi connectivity index (χ4n) is 1.80. The van der Waals surface area contributed by atoms with Crippen LogP contribution in [0.1, 0.15) is 17.2 Å². The first-order valence-corrected chi connectivity index (χ1v) is 6.57. The summed E-state index contributed by atoms with van der Waals surface area (Å²) >= 11 is 0. The van der Waals surface area contributed by atoms with Gasteiger partial charge in [-0.05, 0) is 42.0 Å². The fourth-order valence-corrected chi connectivity index (χ4v) is 1.80. The Morgan fingerprint density at radius 3 is 2.41 bits per heavy atom. The van der Waals surface area contributed by atoms with E-state index in [1.165, 1.54) is 24.3 Å². The zero-order valence-corrected chi connectivity index (χ0v) is 11.6. The number of aliphatic hydroxyl groups is 1. The Labute approximate surface area is 127 Å². The molecular formula is C16H14FN3O2. The second-order valence-electron chi connectivity index (χ2n) is 4.59. The molecule has 112 valence electrons. The molecule has 2 aromatic carbocycles. The molecule has 2 aromatic rings. The predicted molar refractivity (Wildman–Crippen MR) is 79.5 cm³/mol.